The number of halogens is 1. The number of carboxylic acids is 1. The number of rotatable bonds is 5. The highest BCUT2D eigenvalue weighted by Gasteiger charge is 2.19. The molecular weight excluding hydrogens is 229 g/mol. The number of aliphatic hydroxyl groups is 2. The van der Waals surface area contributed by atoms with Crippen LogP contribution < -0.4 is 5.73 Å². The predicted octanol–water partition coefficient (Wildman–Crippen LogP) is 0.267. The van der Waals surface area contributed by atoms with Gasteiger partial charge in [0.05, 0.1) is 11.7 Å². The Morgan fingerprint density at radius 1 is 1.35 bits per heavy atom. The van der Waals surface area contributed by atoms with Crippen LogP contribution in [0.1, 0.15) is 28.4 Å². The van der Waals surface area contributed by atoms with Gasteiger partial charge < -0.3 is 21.1 Å². The second-order valence-electron chi connectivity index (χ2n) is 3.67. The van der Waals surface area contributed by atoms with E-state index in [1.54, 1.807) is 0 Å². The first-order valence-electron chi connectivity index (χ1n) is 5.05. The van der Waals surface area contributed by atoms with Crippen molar-refractivity contribution in [2.75, 3.05) is 6.54 Å². The van der Waals surface area contributed by atoms with Crippen molar-refractivity contribution in [3.05, 3.63) is 35.1 Å². The van der Waals surface area contributed by atoms with E-state index in [-0.39, 0.29) is 24.1 Å². The molecule has 0 aliphatic carbocycles. The summed E-state index contributed by atoms with van der Waals surface area (Å²) in [4.78, 5) is 10.7. The van der Waals surface area contributed by atoms with Crippen LogP contribution in [0.2, 0.25) is 0 Å². The summed E-state index contributed by atoms with van der Waals surface area (Å²) in [7, 11) is 0. The van der Waals surface area contributed by atoms with Crippen molar-refractivity contribution in [2.24, 2.45) is 5.73 Å². The molecule has 1 rings (SSSR count). The van der Waals surface area contributed by atoms with Gasteiger partial charge in [-0.15, -0.1) is 0 Å². The Morgan fingerprint density at radius 2 is 2.00 bits per heavy atom. The summed E-state index contributed by atoms with van der Waals surface area (Å²) in [6.07, 6.45) is -2.36. The van der Waals surface area contributed by atoms with Gasteiger partial charge in [-0.3, -0.25) is 0 Å². The molecule has 1 aromatic carbocycles. The molecule has 0 saturated carbocycles. The van der Waals surface area contributed by atoms with Crippen molar-refractivity contribution >= 4 is 5.97 Å². The van der Waals surface area contributed by atoms with Gasteiger partial charge in [-0.2, -0.15) is 0 Å². The minimum absolute atomic E-state index is 0.0170. The molecule has 0 aliphatic heterocycles. The standard InChI is InChI=1S/C11H14FNO4/c12-8-4-6(3-7(5-8)11(16)17)10(15)9(14)1-2-13/h3-5,9-10,14-15H,1-2,13H2,(H,16,17). The smallest absolute Gasteiger partial charge is 0.335 e. The number of hydrogen-bond donors (Lipinski definition) is 4. The normalized spacial score (nSPS) is 14.4. The molecule has 0 bridgehead atoms. The van der Waals surface area contributed by atoms with Crippen LogP contribution in [0.4, 0.5) is 4.39 Å². The van der Waals surface area contributed by atoms with Crippen LogP contribution in [0, 0.1) is 5.82 Å². The fraction of sp³-hybridized carbons (Fsp3) is 0.364. The summed E-state index contributed by atoms with van der Waals surface area (Å²) in [5, 5.41) is 27.9. The number of aromatic carboxylic acids is 1. The van der Waals surface area contributed by atoms with Crippen molar-refractivity contribution in [3.8, 4) is 0 Å². The summed E-state index contributed by atoms with van der Waals surface area (Å²) in [5.41, 5.74) is 4.95. The molecule has 2 atom stereocenters. The fourth-order valence-electron chi connectivity index (χ4n) is 1.46. The minimum Gasteiger partial charge on any atom is -0.478 e. The zero-order chi connectivity index (χ0) is 13.0. The first-order valence-corrected chi connectivity index (χ1v) is 5.05. The van der Waals surface area contributed by atoms with Gasteiger partial charge in [-0.1, -0.05) is 0 Å². The van der Waals surface area contributed by atoms with Crippen molar-refractivity contribution in [1.29, 1.82) is 0 Å². The van der Waals surface area contributed by atoms with Crippen molar-refractivity contribution in [1.82, 2.24) is 0 Å². The van der Waals surface area contributed by atoms with Crippen LogP contribution in [0.5, 0.6) is 0 Å². The molecule has 0 spiro atoms. The maximum atomic E-state index is 13.1. The molecule has 6 heteroatoms. The Kier molecular flexibility index (Phi) is 4.56. The second kappa shape index (κ2) is 5.72. The summed E-state index contributed by atoms with van der Waals surface area (Å²) in [6, 6.07) is 2.94. The Bertz CT molecular complexity index is 410. The summed E-state index contributed by atoms with van der Waals surface area (Å²) in [6.45, 7) is 0.166. The van der Waals surface area contributed by atoms with Crippen LogP contribution in [-0.2, 0) is 0 Å². The lowest BCUT2D eigenvalue weighted by Gasteiger charge is -2.17. The number of carbonyl (C=O) groups is 1. The van der Waals surface area contributed by atoms with Crippen LogP contribution in [0.25, 0.3) is 0 Å². The highest BCUT2D eigenvalue weighted by molar-refractivity contribution is 5.87. The van der Waals surface area contributed by atoms with Gasteiger partial charge in [-0.05, 0) is 36.7 Å². The van der Waals surface area contributed by atoms with E-state index in [1.165, 1.54) is 0 Å². The highest BCUT2D eigenvalue weighted by Crippen LogP contribution is 2.21. The lowest BCUT2D eigenvalue weighted by molar-refractivity contribution is 0.0148. The molecule has 5 N–H and O–H groups in total. The lowest BCUT2D eigenvalue weighted by Crippen LogP contribution is -2.22. The van der Waals surface area contributed by atoms with Crippen LogP contribution in [0.3, 0.4) is 0 Å². The molecular formula is C11H14FNO4. The van der Waals surface area contributed by atoms with E-state index in [0.29, 0.717) is 0 Å². The number of carboxylic acid groups (broad SMARTS) is 1. The third-order valence-electron chi connectivity index (χ3n) is 2.34. The first kappa shape index (κ1) is 13.6. The van der Waals surface area contributed by atoms with Gasteiger partial charge in [0, 0.05) is 0 Å². The van der Waals surface area contributed by atoms with Gasteiger partial charge in [0.25, 0.3) is 0 Å². The quantitative estimate of drug-likeness (QED) is 0.594. The molecule has 17 heavy (non-hydrogen) atoms. The van der Waals surface area contributed by atoms with Crippen LogP contribution in [-0.4, -0.2) is 33.9 Å². The monoisotopic (exact) mass is 243 g/mol. The van der Waals surface area contributed by atoms with E-state index in [1.807, 2.05) is 0 Å². The average molecular weight is 243 g/mol. The van der Waals surface area contributed by atoms with E-state index < -0.39 is 24.0 Å². The SMILES string of the molecule is NCCC(O)C(O)c1cc(F)cc(C(=O)O)c1. The number of benzene rings is 1. The van der Waals surface area contributed by atoms with Crippen molar-refractivity contribution < 1.29 is 24.5 Å². The molecule has 0 radical (unpaired) electrons. The summed E-state index contributed by atoms with van der Waals surface area (Å²) >= 11 is 0. The Balaban J connectivity index is 3.01. The average Bonchev–Trinajstić information content (AvgIpc) is 2.27. The summed E-state index contributed by atoms with van der Waals surface area (Å²) < 4.78 is 13.1. The Morgan fingerprint density at radius 3 is 2.53 bits per heavy atom. The predicted molar refractivity (Wildman–Crippen MR) is 58.0 cm³/mol. The lowest BCUT2D eigenvalue weighted by atomic mass is 10.00. The molecule has 0 amide bonds. The van der Waals surface area contributed by atoms with Gasteiger partial charge in [0.1, 0.15) is 11.9 Å². The minimum atomic E-state index is -1.35. The van der Waals surface area contributed by atoms with Gasteiger partial charge in [0.2, 0.25) is 0 Å². The van der Waals surface area contributed by atoms with Crippen molar-refractivity contribution in [3.63, 3.8) is 0 Å². The molecule has 94 valence electrons. The molecule has 1 aromatic rings. The zero-order valence-corrected chi connectivity index (χ0v) is 9.01. The van der Waals surface area contributed by atoms with E-state index in [0.717, 1.165) is 18.2 Å². The van der Waals surface area contributed by atoms with E-state index in [2.05, 4.69) is 0 Å². The number of aliphatic hydroxyl groups excluding tert-OH is 2. The van der Waals surface area contributed by atoms with Gasteiger partial charge >= 0.3 is 5.97 Å². The third kappa shape index (κ3) is 3.48. The van der Waals surface area contributed by atoms with Gasteiger partial charge in [-0.25, -0.2) is 9.18 Å². The van der Waals surface area contributed by atoms with Crippen molar-refractivity contribution in [2.45, 2.75) is 18.6 Å². The largest absolute Gasteiger partial charge is 0.478 e. The molecule has 0 aromatic heterocycles. The molecule has 0 heterocycles. The maximum absolute atomic E-state index is 13.1. The van der Waals surface area contributed by atoms with Crippen LogP contribution in [0.15, 0.2) is 18.2 Å². The Hall–Kier alpha value is -1.50. The molecule has 0 fully saturated rings. The first-order chi connectivity index (χ1) is 7.95. The topological polar surface area (TPSA) is 104 Å². The Labute approximate surface area is 97.3 Å². The molecule has 0 saturated heterocycles. The van der Waals surface area contributed by atoms with Gasteiger partial charge in [0.15, 0.2) is 0 Å². The molecule has 0 aliphatic rings. The maximum Gasteiger partial charge on any atom is 0.335 e. The number of nitrogens with two attached hydrogens (primary N) is 1. The van der Waals surface area contributed by atoms with E-state index in [4.69, 9.17) is 10.8 Å². The summed E-state index contributed by atoms with van der Waals surface area (Å²) in [5.74, 6) is -2.08. The van der Waals surface area contributed by atoms with E-state index >= 15 is 0 Å². The van der Waals surface area contributed by atoms with Crippen LogP contribution >= 0.6 is 0 Å². The second-order valence-corrected chi connectivity index (χ2v) is 3.67. The third-order valence-corrected chi connectivity index (χ3v) is 2.34. The fourth-order valence-corrected chi connectivity index (χ4v) is 1.46. The molecule has 2 unspecified atom stereocenters. The molecule has 5 nitrogen and oxygen atoms in total. The zero-order valence-electron chi connectivity index (χ0n) is 9.01. The number of hydrogen-bond acceptors (Lipinski definition) is 4. The van der Waals surface area contributed by atoms with E-state index in [9.17, 15) is 19.4 Å². The highest BCUT2D eigenvalue weighted by atomic mass is 19.1.